The van der Waals surface area contributed by atoms with Crippen molar-refractivity contribution in [2.24, 2.45) is 0 Å². The van der Waals surface area contributed by atoms with Crippen molar-refractivity contribution in [2.45, 2.75) is 19.5 Å². The van der Waals surface area contributed by atoms with E-state index in [0.29, 0.717) is 22.1 Å². The molecule has 0 saturated carbocycles. The number of rotatable bonds is 4. The molecule has 164 valence electrons. The molecule has 7 nitrogen and oxygen atoms in total. The minimum atomic E-state index is -0.806. The fourth-order valence-electron chi connectivity index (χ4n) is 4.21. The van der Waals surface area contributed by atoms with E-state index < -0.39 is 22.7 Å². The minimum Gasteiger partial charge on any atom is -0.450 e. The summed E-state index contributed by atoms with van der Waals surface area (Å²) in [5, 5.41) is 11.5. The number of hydrogen-bond acceptors (Lipinski definition) is 5. The first-order chi connectivity index (χ1) is 15.8. The number of non-ortho nitro benzene ring substituents is 1. The molecule has 4 aromatic rings. The molecule has 0 fully saturated rings. The number of amides is 1. The van der Waals surface area contributed by atoms with Gasteiger partial charge in [-0.15, -0.1) is 0 Å². The summed E-state index contributed by atoms with van der Waals surface area (Å²) in [4.78, 5) is 39.0. The molecule has 0 aliphatic carbocycles. The Hall–Kier alpha value is -4.33. The number of halogens is 1. The molecule has 2 heterocycles. The zero-order valence-corrected chi connectivity index (χ0v) is 17.4. The summed E-state index contributed by atoms with van der Waals surface area (Å²) in [5.74, 6) is -0.931. The molecule has 1 unspecified atom stereocenters. The maximum Gasteiger partial charge on any atom is 0.291 e. The Kier molecular flexibility index (Phi) is 4.78. The van der Waals surface area contributed by atoms with Crippen molar-refractivity contribution in [2.75, 3.05) is 0 Å². The zero-order chi connectivity index (χ0) is 23.3. The van der Waals surface area contributed by atoms with E-state index in [0.717, 1.165) is 5.56 Å². The van der Waals surface area contributed by atoms with Crippen molar-refractivity contribution < 1.29 is 18.5 Å². The fourth-order valence-corrected chi connectivity index (χ4v) is 4.21. The van der Waals surface area contributed by atoms with E-state index in [4.69, 9.17) is 4.42 Å². The van der Waals surface area contributed by atoms with E-state index >= 15 is 0 Å². The van der Waals surface area contributed by atoms with Crippen molar-refractivity contribution in [1.82, 2.24) is 4.90 Å². The molecule has 0 saturated heterocycles. The monoisotopic (exact) mass is 444 g/mol. The second-order valence-electron chi connectivity index (χ2n) is 7.98. The van der Waals surface area contributed by atoms with Crippen LogP contribution in [0.2, 0.25) is 0 Å². The second kappa shape index (κ2) is 7.67. The lowest BCUT2D eigenvalue weighted by atomic mass is 9.97. The quantitative estimate of drug-likeness (QED) is 0.330. The van der Waals surface area contributed by atoms with Crippen LogP contribution in [0, 0.1) is 22.9 Å². The Morgan fingerprint density at radius 1 is 1.03 bits per heavy atom. The molecule has 1 aliphatic heterocycles. The Balaban J connectivity index is 1.70. The first-order valence-electron chi connectivity index (χ1n) is 10.2. The Morgan fingerprint density at radius 2 is 1.73 bits per heavy atom. The number of carbonyl (C=O) groups excluding carboxylic acids is 1. The maximum atomic E-state index is 13.5. The third kappa shape index (κ3) is 3.45. The van der Waals surface area contributed by atoms with Crippen LogP contribution < -0.4 is 5.43 Å². The number of carbonyl (C=O) groups is 1. The van der Waals surface area contributed by atoms with Crippen LogP contribution in [0.1, 0.15) is 38.9 Å². The summed E-state index contributed by atoms with van der Waals surface area (Å²) < 4.78 is 19.3. The van der Waals surface area contributed by atoms with Gasteiger partial charge in [0, 0.05) is 18.7 Å². The maximum absolute atomic E-state index is 13.5. The number of aryl methyl sites for hydroxylation is 1. The van der Waals surface area contributed by atoms with Crippen LogP contribution in [-0.2, 0) is 6.54 Å². The highest BCUT2D eigenvalue weighted by atomic mass is 19.1. The summed E-state index contributed by atoms with van der Waals surface area (Å²) in [6.45, 7) is 1.95. The number of nitro benzene ring substituents is 1. The van der Waals surface area contributed by atoms with Gasteiger partial charge in [-0.1, -0.05) is 23.8 Å². The molecule has 33 heavy (non-hydrogen) atoms. The molecule has 3 aromatic carbocycles. The Morgan fingerprint density at radius 3 is 2.39 bits per heavy atom. The van der Waals surface area contributed by atoms with Gasteiger partial charge in [0.2, 0.25) is 5.76 Å². The van der Waals surface area contributed by atoms with Gasteiger partial charge in [0.25, 0.3) is 11.6 Å². The summed E-state index contributed by atoms with van der Waals surface area (Å²) in [7, 11) is 0. The van der Waals surface area contributed by atoms with Crippen molar-refractivity contribution >= 4 is 22.6 Å². The molecule has 5 rings (SSSR count). The predicted octanol–water partition coefficient (Wildman–Crippen LogP) is 4.89. The molecule has 1 aromatic heterocycles. The summed E-state index contributed by atoms with van der Waals surface area (Å²) in [6.07, 6.45) is 0. The van der Waals surface area contributed by atoms with Crippen molar-refractivity contribution in [3.63, 3.8) is 0 Å². The average Bonchev–Trinajstić information content (AvgIpc) is 3.08. The minimum absolute atomic E-state index is 0.0539. The first kappa shape index (κ1) is 20.6. The van der Waals surface area contributed by atoms with Crippen LogP contribution in [0.5, 0.6) is 0 Å². The van der Waals surface area contributed by atoms with Crippen LogP contribution in [0.25, 0.3) is 11.0 Å². The molecule has 0 bridgehead atoms. The van der Waals surface area contributed by atoms with E-state index in [1.165, 1.54) is 41.3 Å². The summed E-state index contributed by atoms with van der Waals surface area (Å²) in [6, 6.07) is 15.8. The van der Waals surface area contributed by atoms with Crippen LogP contribution >= 0.6 is 0 Å². The lowest BCUT2D eigenvalue weighted by molar-refractivity contribution is -0.384. The molecule has 1 amide bonds. The largest absolute Gasteiger partial charge is 0.450 e. The lowest BCUT2D eigenvalue weighted by Crippen LogP contribution is -2.29. The van der Waals surface area contributed by atoms with Gasteiger partial charge in [0.15, 0.2) is 5.43 Å². The molecular formula is C25H17FN2O5. The van der Waals surface area contributed by atoms with E-state index in [-0.39, 0.29) is 29.0 Å². The first-order valence-corrected chi connectivity index (χ1v) is 10.2. The average molecular weight is 444 g/mol. The number of nitro groups is 1. The van der Waals surface area contributed by atoms with Crippen LogP contribution in [-0.4, -0.2) is 15.7 Å². The third-order valence-electron chi connectivity index (χ3n) is 5.81. The lowest BCUT2D eigenvalue weighted by Gasteiger charge is -2.25. The molecule has 0 radical (unpaired) electrons. The normalized spacial score (nSPS) is 15.2. The summed E-state index contributed by atoms with van der Waals surface area (Å²) in [5.41, 5.74) is 2.14. The van der Waals surface area contributed by atoms with Gasteiger partial charge in [-0.3, -0.25) is 19.7 Å². The highest BCUT2D eigenvalue weighted by Gasteiger charge is 2.42. The second-order valence-corrected chi connectivity index (χ2v) is 7.98. The molecular weight excluding hydrogens is 427 g/mol. The highest BCUT2D eigenvalue weighted by molar-refractivity contribution is 5.99. The van der Waals surface area contributed by atoms with Gasteiger partial charge < -0.3 is 9.32 Å². The van der Waals surface area contributed by atoms with E-state index in [1.54, 1.807) is 30.3 Å². The van der Waals surface area contributed by atoms with Crippen molar-refractivity contribution in [1.29, 1.82) is 0 Å². The van der Waals surface area contributed by atoms with Crippen LogP contribution in [0.3, 0.4) is 0 Å². The Bertz CT molecular complexity index is 1480. The highest BCUT2D eigenvalue weighted by Crippen LogP contribution is 2.39. The molecule has 1 aliphatic rings. The van der Waals surface area contributed by atoms with Crippen molar-refractivity contribution in [3.8, 4) is 0 Å². The summed E-state index contributed by atoms with van der Waals surface area (Å²) >= 11 is 0. The van der Waals surface area contributed by atoms with E-state index in [2.05, 4.69) is 0 Å². The van der Waals surface area contributed by atoms with Gasteiger partial charge >= 0.3 is 0 Å². The SMILES string of the molecule is Cc1ccc2oc3c(c(=O)c2c1)C(c1ccc([N+](=O)[O-])cc1)N(Cc1ccc(F)cc1)C3=O. The third-order valence-corrected chi connectivity index (χ3v) is 5.81. The van der Waals surface area contributed by atoms with Crippen LogP contribution in [0.15, 0.2) is 75.9 Å². The van der Waals surface area contributed by atoms with Gasteiger partial charge in [-0.2, -0.15) is 0 Å². The standard InChI is InChI=1S/C25H17FN2O5/c1-14-2-11-20-19(12-14)23(29)21-22(16-5-9-18(10-6-16)28(31)32)27(25(30)24(21)33-20)13-15-3-7-17(26)8-4-15/h2-12,22H,13H2,1H3. The molecule has 0 spiro atoms. The van der Waals surface area contributed by atoms with Gasteiger partial charge in [0.1, 0.15) is 11.4 Å². The van der Waals surface area contributed by atoms with Crippen molar-refractivity contribution in [3.05, 3.63) is 121 Å². The van der Waals surface area contributed by atoms with Gasteiger partial charge in [0.05, 0.1) is 21.9 Å². The van der Waals surface area contributed by atoms with Gasteiger partial charge in [-0.05, 0) is 54.4 Å². The zero-order valence-electron chi connectivity index (χ0n) is 17.4. The predicted molar refractivity (Wildman–Crippen MR) is 118 cm³/mol. The molecule has 0 N–H and O–H groups in total. The molecule has 1 atom stereocenters. The number of fused-ring (bicyclic) bond motifs is 2. The van der Waals surface area contributed by atoms with E-state index in [1.807, 2.05) is 6.92 Å². The smallest absolute Gasteiger partial charge is 0.291 e. The number of benzene rings is 3. The fraction of sp³-hybridized carbons (Fsp3) is 0.120. The Labute approximate surface area is 186 Å². The van der Waals surface area contributed by atoms with Gasteiger partial charge in [-0.25, -0.2) is 4.39 Å². The topological polar surface area (TPSA) is 93.7 Å². The van der Waals surface area contributed by atoms with E-state index in [9.17, 15) is 24.1 Å². The number of hydrogen-bond donors (Lipinski definition) is 0. The number of nitrogens with zero attached hydrogens (tertiary/aromatic N) is 2. The van der Waals surface area contributed by atoms with Crippen LogP contribution in [0.4, 0.5) is 10.1 Å². The molecule has 8 heteroatoms.